The van der Waals surface area contributed by atoms with Crippen molar-refractivity contribution in [1.82, 2.24) is 29.5 Å². The number of nitrogens with one attached hydrogen (secondary N) is 2. The van der Waals surface area contributed by atoms with E-state index in [4.69, 9.17) is 9.72 Å². The average Bonchev–Trinajstić information content (AvgIpc) is 3.58. The lowest BCUT2D eigenvalue weighted by Gasteiger charge is -2.34. The molecule has 0 spiro atoms. The van der Waals surface area contributed by atoms with Crippen molar-refractivity contribution < 1.29 is 4.74 Å². The molecule has 0 bridgehead atoms. The highest BCUT2D eigenvalue weighted by atomic mass is 16.5. The number of likely N-dealkylation sites (tertiary alicyclic amines) is 1. The summed E-state index contributed by atoms with van der Waals surface area (Å²) in [5.41, 5.74) is 8.92. The van der Waals surface area contributed by atoms with Gasteiger partial charge in [0.05, 0.1) is 16.7 Å². The van der Waals surface area contributed by atoms with Crippen LogP contribution in [-0.2, 0) is 4.74 Å². The first-order chi connectivity index (χ1) is 17.4. The van der Waals surface area contributed by atoms with Crippen LogP contribution in [-0.4, -0.2) is 67.3 Å². The van der Waals surface area contributed by atoms with Crippen LogP contribution in [0.5, 0.6) is 0 Å². The molecular formula is C28H37N7O. The Morgan fingerprint density at radius 2 is 1.94 bits per heavy atom. The average molecular weight is 488 g/mol. The number of aromatic amines is 1. The second-order valence-electron chi connectivity index (χ2n) is 10.9. The van der Waals surface area contributed by atoms with E-state index in [1.807, 2.05) is 4.52 Å². The summed E-state index contributed by atoms with van der Waals surface area (Å²) < 4.78 is 7.46. The summed E-state index contributed by atoms with van der Waals surface area (Å²) in [4.78, 5) is 16.0. The van der Waals surface area contributed by atoms with Crippen LogP contribution in [0, 0.1) is 13.8 Å². The lowest BCUT2D eigenvalue weighted by atomic mass is 9.95. The Morgan fingerprint density at radius 1 is 1.14 bits per heavy atom. The molecule has 4 aromatic rings. The summed E-state index contributed by atoms with van der Waals surface area (Å²) in [6.07, 6.45) is 7.13. The predicted octanol–water partition coefficient (Wildman–Crippen LogP) is 5.07. The fourth-order valence-electron chi connectivity index (χ4n) is 6.29. The van der Waals surface area contributed by atoms with Crippen molar-refractivity contribution in [2.45, 2.75) is 77.9 Å². The first-order valence-electron chi connectivity index (χ1n) is 13.3. The van der Waals surface area contributed by atoms with E-state index in [-0.39, 0.29) is 0 Å². The van der Waals surface area contributed by atoms with E-state index in [0.29, 0.717) is 24.0 Å². The highest BCUT2D eigenvalue weighted by Gasteiger charge is 2.34. The molecule has 0 radical (unpaired) electrons. The predicted molar refractivity (Wildman–Crippen MR) is 144 cm³/mol. The monoisotopic (exact) mass is 487 g/mol. The molecule has 0 saturated carbocycles. The number of pyridine rings is 2. The summed E-state index contributed by atoms with van der Waals surface area (Å²) in [5, 5.41) is 8.18. The third-order valence-corrected chi connectivity index (χ3v) is 8.29. The molecule has 6 rings (SSSR count). The molecule has 0 aliphatic carbocycles. The van der Waals surface area contributed by atoms with Crippen LogP contribution >= 0.6 is 0 Å². The molecule has 8 heteroatoms. The number of nitrogens with zero attached hydrogens (tertiary/aromatic N) is 5. The summed E-state index contributed by atoms with van der Waals surface area (Å²) in [6.45, 7) is 14.0. The van der Waals surface area contributed by atoms with Crippen molar-refractivity contribution in [2.24, 2.45) is 0 Å². The van der Waals surface area contributed by atoms with Gasteiger partial charge in [0.15, 0.2) is 5.65 Å². The molecule has 190 valence electrons. The highest BCUT2D eigenvalue weighted by Crippen LogP contribution is 2.38. The molecule has 0 unspecified atom stereocenters. The minimum atomic E-state index is 0.318. The topological polar surface area (TPSA) is 83.4 Å². The second-order valence-corrected chi connectivity index (χ2v) is 10.9. The van der Waals surface area contributed by atoms with E-state index in [1.54, 1.807) is 6.33 Å². The molecule has 2 atom stereocenters. The number of aromatic nitrogens is 5. The summed E-state index contributed by atoms with van der Waals surface area (Å²) in [5.74, 6) is 1.28. The van der Waals surface area contributed by atoms with E-state index in [2.05, 4.69) is 78.2 Å². The van der Waals surface area contributed by atoms with Gasteiger partial charge >= 0.3 is 0 Å². The molecule has 2 aliphatic rings. The fraction of sp³-hybridized carbons (Fsp3) is 0.536. The number of rotatable bonds is 5. The Morgan fingerprint density at radius 3 is 2.72 bits per heavy atom. The van der Waals surface area contributed by atoms with Crippen molar-refractivity contribution in [3.63, 3.8) is 0 Å². The van der Waals surface area contributed by atoms with E-state index in [0.717, 1.165) is 78.3 Å². The number of aryl methyl sites for hydroxylation is 1. The lowest BCUT2D eigenvalue weighted by molar-refractivity contribution is 0.0316. The maximum Gasteiger partial charge on any atom is 0.158 e. The summed E-state index contributed by atoms with van der Waals surface area (Å²) in [7, 11) is 0. The Balaban J connectivity index is 1.33. The zero-order valence-electron chi connectivity index (χ0n) is 22.0. The quantitative estimate of drug-likeness (QED) is 0.409. The van der Waals surface area contributed by atoms with Crippen molar-refractivity contribution >= 4 is 22.5 Å². The Kier molecular flexibility index (Phi) is 5.96. The van der Waals surface area contributed by atoms with E-state index in [9.17, 15) is 0 Å². The first kappa shape index (κ1) is 23.4. The number of hydrogen-bond acceptors (Lipinski definition) is 6. The van der Waals surface area contributed by atoms with Crippen LogP contribution in [0.3, 0.4) is 0 Å². The first-order valence-corrected chi connectivity index (χ1v) is 13.3. The SMILES string of the molecule is Cc1c(-c2[nH]c3ccc(N[C@H]4C[C@@H](C)N(C5CCOCC5)C4)nc3c2C(C)C)cn2ncnc2c1C. The molecular weight excluding hydrogens is 450 g/mol. The molecule has 2 fully saturated rings. The van der Waals surface area contributed by atoms with Crippen molar-refractivity contribution in [1.29, 1.82) is 0 Å². The molecule has 2 saturated heterocycles. The zero-order chi connectivity index (χ0) is 25.0. The van der Waals surface area contributed by atoms with Gasteiger partial charge in [-0.2, -0.15) is 5.10 Å². The number of anilines is 1. The lowest BCUT2D eigenvalue weighted by Crippen LogP contribution is -2.42. The maximum absolute atomic E-state index is 5.59. The molecule has 8 nitrogen and oxygen atoms in total. The molecule has 2 aliphatic heterocycles. The molecule has 0 amide bonds. The van der Waals surface area contributed by atoms with Gasteiger partial charge in [0.25, 0.3) is 0 Å². The van der Waals surface area contributed by atoms with Gasteiger partial charge in [-0.3, -0.25) is 4.90 Å². The van der Waals surface area contributed by atoms with Gasteiger partial charge < -0.3 is 15.0 Å². The number of fused-ring (bicyclic) bond motifs is 2. The van der Waals surface area contributed by atoms with Crippen LogP contribution < -0.4 is 5.32 Å². The third kappa shape index (κ3) is 3.96. The van der Waals surface area contributed by atoms with Crippen LogP contribution in [0.15, 0.2) is 24.7 Å². The Hall–Kier alpha value is -2.97. The number of ether oxygens (including phenoxy) is 1. The molecule has 4 aromatic heterocycles. The van der Waals surface area contributed by atoms with Gasteiger partial charge in [0, 0.05) is 55.2 Å². The van der Waals surface area contributed by atoms with Crippen LogP contribution in [0.4, 0.5) is 5.82 Å². The van der Waals surface area contributed by atoms with Crippen LogP contribution in [0.25, 0.3) is 27.9 Å². The second kappa shape index (κ2) is 9.16. The molecule has 2 N–H and O–H groups in total. The fourth-order valence-corrected chi connectivity index (χ4v) is 6.29. The zero-order valence-corrected chi connectivity index (χ0v) is 22.0. The third-order valence-electron chi connectivity index (χ3n) is 8.29. The largest absolute Gasteiger partial charge is 0.381 e. The Labute approximate surface area is 212 Å². The van der Waals surface area contributed by atoms with Crippen molar-refractivity contribution in [3.8, 4) is 11.3 Å². The van der Waals surface area contributed by atoms with Gasteiger partial charge in [-0.25, -0.2) is 14.5 Å². The Bertz CT molecular complexity index is 1400. The standard InChI is InChI=1S/C28H37N7O/c1-16(2)25-26(22-14-35-28(29-15-30-35)19(5)18(22)4)32-23-6-7-24(33-27(23)25)31-20-12-17(3)34(13-20)21-8-10-36-11-9-21/h6-7,14-17,20-21,32H,8-13H2,1-5H3,(H,31,33)/t17-,20+/m1/s1. The minimum Gasteiger partial charge on any atom is -0.381 e. The molecule has 36 heavy (non-hydrogen) atoms. The van der Waals surface area contributed by atoms with Crippen molar-refractivity contribution in [2.75, 3.05) is 25.1 Å². The van der Waals surface area contributed by atoms with Gasteiger partial charge in [-0.1, -0.05) is 13.8 Å². The maximum atomic E-state index is 5.59. The normalized spacial score (nSPS) is 21.8. The van der Waals surface area contributed by atoms with Gasteiger partial charge in [-0.15, -0.1) is 0 Å². The van der Waals surface area contributed by atoms with E-state index < -0.39 is 0 Å². The van der Waals surface area contributed by atoms with Crippen molar-refractivity contribution in [3.05, 3.63) is 41.3 Å². The van der Waals surface area contributed by atoms with Gasteiger partial charge in [-0.05, 0) is 69.2 Å². The van der Waals surface area contributed by atoms with Gasteiger partial charge in [0.2, 0.25) is 0 Å². The molecule has 0 aromatic carbocycles. The highest BCUT2D eigenvalue weighted by molar-refractivity contribution is 5.90. The smallest absolute Gasteiger partial charge is 0.158 e. The number of hydrogen-bond donors (Lipinski definition) is 2. The van der Waals surface area contributed by atoms with Crippen LogP contribution in [0.2, 0.25) is 0 Å². The summed E-state index contributed by atoms with van der Waals surface area (Å²) >= 11 is 0. The van der Waals surface area contributed by atoms with Crippen LogP contribution in [0.1, 0.15) is 62.6 Å². The van der Waals surface area contributed by atoms with E-state index in [1.165, 1.54) is 11.1 Å². The summed E-state index contributed by atoms with van der Waals surface area (Å²) in [6, 6.07) is 5.92. The van der Waals surface area contributed by atoms with E-state index >= 15 is 0 Å². The minimum absolute atomic E-state index is 0.318. The van der Waals surface area contributed by atoms with Gasteiger partial charge in [0.1, 0.15) is 12.1 Å². The molecule has 6 heterocycles. The number of H-pyrrole nitrogens is 1.